The maximum atomic E-state index is 10.5. The first-order chi connectivity index (χ1) is 4.29. The molecule has 9 heavy (non-hydrogen) atoms. The van der Waals surface area contributed by atoms with Gasteiger partial charge in [0.1, 0.15) is 0 Å². The molecule has 1 aliphatic carbocycles. The van der Waals surface area contributed by atoms with Crippen LogP contribution in [-0.4, -0.2) is 11.6 Å². The van der Waals surface area contributed by atoms with Crippen molar-refractivity contribution >= 4 is 11.6 Å². The normalized spacial score (nSPS) is 18.2. The molecule has 46 valence electrons. The molecule has 0 amide bonds. The molecule has 0 atom stereocenters. The number of carbonyl (C=O) groups is 2. The zero-order valence-corrected chi connectivity index (χ0v) is 4.83. The second kappa shape index (κ2) is 2.40. The topological polar surface area (TPSA) is 34.1 Å². The lowest BCUT2D eigenvalue weighted by molar-refractivity contribution is -0.121. The Balaban J connectivity index is 2.76. The van der Waals surface area contributed by atoms with Crippen LogP contribution in [-0.2, 0) is 9.59 Å². The standard InChI is InChI=1S/C7H6O2/c8-6-3-1-2-4-7(9)5-6/h1-4H,5H2. The molecule has 0 radical (unpaired) electrons. The van der Waals surface area contributed by atoms with Crippen molar-refractivity contribution in [3.8, 4) is 0 Å². The van der Waals surface area contributed by atoms with Gasteiger partial charge in [0, 0.05) is 0 Å². The molecule has 1 rings (SSSR count). The molecule has 2 heteroatoms. The zero-order chi connectivity index (χ0) is 6.69. The van der Waals surface area contributed by atoms with Crippen molar-refractivity contribution in [2.75, 3.05) is 0 Å². The highest BCUT2D eigenvalue weighted by molar-refractivity contribution is 6.09. The van der Waals surface area contributed by atoms with Crippen molar-refractivity contribution in [1.82, 2.24) is 0 Å². The zero-order valence-electron chi connectivity index (χ0n) is 4.83. The molecule has 1 aliphatic rings. The van der Waals surface area contributed by atoms with E-state index in [0.29, 0.717) is 0 Å². The van der Waals surface area contributed by atoms with Crippen molar-refractivity contribution in [2.45, 2.75) is 6.42 Å². The van der Waals surface area contributed by atoms with Crippen LogP contribution in [0.25, 0.3) is 0 Å². The molecule has 0 bridgehead atoms. The highest BCUT2D eigenvalue weighted by Crippen LogP contribution is 1.95. The first-order valence-electron chi connectivity index (χ1n) is 2.69. The largest absolute Gasteiger partial charge is 0.294 e. The number of rotatable bonds is 0. The van der Waals surface area contributed by atoms with Crippen LogP contribution in [0.1, 0.15) is 6.42 Å². The van der Waals surface area contributed by atoms with E-state index in [1.807, 2.05) is 0 Å². The van der Waals surface area contributed by atoms with Gasteiger partial charge in [-0.25, -0.2) is 0 Å². The summed E-state index contributed by atoms with van der Waals surface area (Å²) in [7, 11) is 0. The number of carbonyl (C=O) groups excluding carboxylic acids is 2. The van der Waals surface area contributed by atoms with E-state index < -0.39 is 0 Å². The highest BCUT2D eigenvalue weighted by Gasteiger charge is 2.03. The fourth-order valence-electron chi connectivity index (χ4n) is 0.615. The first-order valence-corrected chi connectivity index (χ1v) is 2.69. The van der Waals surface area contributed by atoms with Crippen molar-refractivity contribution in [2.24, 2.45) is 0 Å². The van der Waals surface area contributed by atoms with Crippen LogP contribution in [0.5, 0.6) is 0 Å². The third-order valence-electron chi connectivity index (χ3n) is 1.02. The molecule has 0 saturated heterocycles. The van der Waals surface area contributed by atoms with Crippen molar-refractivity contribution < 1.29 is 9.59 Å². The predicted molar refractivity (Wildman–Crippen MR) is 32.9 cm³/mol. The number of ketones is 2. The minimum atomic E-state index is -0.120. The van der Waals surface area contributed by atoms with E-state index in [4.69, 9.17) is 0 Å². The van der Waals surface area contributed by atoms with E-state index in [9.17, 15) is 9.59 Å². The predicted octanol–water partition coefficient (Wildman–Crippen LogP) is 0.641. The van der Waals surface area contributed by atoms with E-state index in [0.717, 1.165) is 0 Å². The smallest absolute Gasteiger partial charge is 0.163 e. The van der Waals surface area contributed by atoms with Gasteiger partial charge in [-0.1, -0.05) is 12.2 Å². The minimum Gasteiger partial charge on any atom is -0.294 e. The van der Waals surface area contributed by atoms with Gasteiger partial charge in [0.05, 0.1) is 6.42 Å². The fraction of sp³-hybridized carbons (Fsp3) is 0.143. The Morgan fingerprint density at radius 2 is 1.44 bits per heavy atom. The average Bonchev–Trinajstić information content (AvgIpc) is 1.93. The third kappa shape index (κ3) is 1.64. The molecule has 0 aliphatic heterocycles. The lowest BCUT2D eigenvalue weighted by Crippen LogP contribution is -1.99. The van der Waals surface area contributed by atoms with Crippen LogP contribution in [0, 0.1) is 0 Å². The lowest BCUT2D eigenvalue weighted by Gasteiger charge is -1.83. The number of allylic oxidation sites excluding steroid dienone is 4. The second-order valence-corrected chi connectivity index (χ2v) is 1.83. The van der Waals surface area contributed by atoms with Crippen LogP contribution in [0.2, 0.25) is 0 Å². The van der Waals surface area contributed by atoms with Gasteiger partial charge in [-0.2, -0.15) is 0 Å². The van der Waals surface area contributed by atoms with Crippen LogP contribution < -0.4 is 0 Å². The van der Waals surface area contributed by atoms with Crippen LogP contribution in [0.3, 0.4) is 0 Å². The molecule has 0 fully saturated rings. The summed E-state index contributed by atoms with van der Waals surface area (Å²) < 4.78 is 0. The van der Waals surface area contributed by atoms with Gasteiger partial charge < -0.3 is 0 Å². The molecule has 0 aromatic heterocycles. The molecular weight excluding hydrogens is 116 g/mol. The molecular formula is C7H6O2. The summed E-state index contributed by atoms with van der Waals surface area (Å²) in [5.41, 5.74) is 0. The second-order valence-electron chi connectivity index (χ2n) is 1.83. The fourth-order valence-corrected chi connectivity index (χ4v) is 0.615. The molecule has 0 heterocycles. The molecule has 0 N–H and O–H groups in total. The minimum absolute atomic E-state index is 0.0208. The summed E-state index contributed by atoms with van der Waals surface area (Å²) in [6.45, 7) is 0. The van der Waals surface area contributed by atoms with Crippen LogP contribution in [0.15, 0.2) is 24.3 Å². The van der Waals surface area contributed by atoms with Crippen molar-refractivity contribution in [1.29, 1.82) is 0 Å². The van der Waals surface area contributed by atoms with E-state index in [1.54, 1.807) is 12.2 Å². The Hall–Kier alpha value is -1.18. The number of hydrogen-bond donors (Lipinski definition) is 0. The molecule has 0 aromatic carbocycles. The van der Waals surface area contributed by atoms with Gasteiger partial charge in [-0.05, 0) is 12.2 Å². The van der Waals surface area contributed by atoms with Crippen molar-refractivity contribution in [3.63, 3.8) is 0 Å². The third-order valence-corrected chi connectivity index (χ3v) is 1.02. The maximum Gasteiger partial charge on any atom is 0.163 e. The summed E-state index contributed by atoms with van der Waals surface area (Å²) in [5, 5.41) is 0. The number of hydrogen-bond acceptors (Lipinski definition) is 2. The highest BCUT2D eigenvalue weighted by atomic mass is 16.1. The Kier molecular flexibility index (Phi) is 1.58. The Morgan fingerprint density at radius 3 is 1.89 bits per heavy atom. The van der Waals surface area contributed by atoms with Crippen LogP contribution in [0.4, 0.5) is 0 Å². The molecule has 2 nitrogen and oxygen atoms in total. The van der Waals surface area contributed by atoms with Gasteiger partial charge >= 0.3 is 0 Å². The van der Waals surface area contributed by atoms with E-state index in [1.165, 1.54) is 12.2 Å². The molecule has 0 spiro atoms. The summed E-state index contributed by atoms with van der Waals surface area (Å²) in [6, 6.07) is 0. The Labute approximate surface area is 52.9 Å². The van der Waals surface area contributed by atoms with E-state index >= 15 is 0 Å². The quantitative estimate of drug-likeness (QED) is 0.442. The molecule has 0 saturated carbocycles. The average molecular weight is 122 g/mol. The van der Waals surface area contributed by atoms with Gasteiger partial charge in [-0.15, -0.1) is 0 Å². The summed E-state index contributed by atoms with van der Waals surface area (Å²) in [6.07, 6.45) is 5.98. The van der Waals surface area contributed by atoms with Gasteiger partial charge in [0.2, 0.25) is 0 Å². The maximum absolute atomic E-state index is 10.5. The van der Waals surface area contributed by atoms with E-state index in [2.05, 4.69) is 0 Å². The monoisotopic (exact) mass is 122 g/mol. The Bertz CT molecular complexity index is 177. The molecule has 0 aromatic rings. The molecule has 0 unspecified atom stereocenters. The summed E-state index contributed by atoms with van der Waals surface area (Å²) >= 11 is 0. The van der Waals surface area contributed by atoms with Gasteiger partial charge in [0.15, 0.2) is 11.6 Å². The van der Waals surface area contributed by atoms with Gasteiger partial charge in [0.25, 0.3) is 0 Å². The summed E-state index contributed by atoms with van der Waals surface area (Å²) in [5.74, 6) is -0.241. The lowest BCUT2D eigenvalue weighted by atomic mass is 10.2. The first kappa shape index (κ1) is 5.95. The van der Waals surface area contributed by atoms with E-state index in [-0.39, 0.29) is 18.0 Å². The SMILES string of the molecule is O=C1C=CC=CC(=O)C1. The van der Waals surface area contributed by atoms with Crippen LogP contribution >= 0.6 is 0 Å². The van der Waals surface area contributed by atoms with Crippen molar-refractivity contribution in [3.05, 3.63) is 24.3 Å². The van der Waals surface area contributed by atoms with Gasteiger partial charge in [-0.3, -0.25) is 9.59 Å². The summed E-state index contributed by atoms with van der Waals surface area (Å²) in [4.78, 5) is 21.1. The Morgan fingerprint density at radius 1 is 1.00 bits per heavy atom.